The van der Waals surface area contributed by atoms with Gasteiger partial charge in [-0.25, -0.2) is 0 Å². The van der Waals surface area contributed by atoms with Gasteiger partial charge < -0.3 is 15.7 Å². The molecule has 5 heteroatoms. The van der Waals surface area contributed by atoms with Crippen molar-refractivity contribution in [1.82, 2.24) is 5.32 Å². The van der Waals surface area contributed by atoms with E-state index >= 15 is 0 Å². The van der Waals surface area contributed by atoms with E-state index in [1.165, 1.54) is 0 Å². The molecule has 0 aliphatic heterocycles. The smallest absolute Gasteiger partial charge is 0.322 e. The van der Waals surface area contributed by atoms with Crippen molar-refractivity contribution in [3.05, 3.63) is 28.8 Å². The normalized spacial score (nSPS) is 12.2. The van der Waals surface area contributed by atoms with Gasteiger partial charge in [-0.3, -0.25) is 4.79 Å². The Morgan fingerprint density at radius 3 is 2.75 bits per heavy atom. The van der Waals surface area contributed by atoms with Crippen LogP contribution in [0.2, 0.25) is 5.02 Å². The molecule has 3 N–H and O–H groups in total. The van der Waals surface area contributed by atoms with Gasteiger partial charge in [-0.15, -0.1) is 0 Å². The minimum Gasteiger partial charge on any atom is -0.480 e. The summed E-state index contributed by atoms with van der Waals surface area (Å²) >= 11 is 5.95. The van der Waals surface area contributed by atoms with E-state index in [4.69, 9.17) is 16.7 Å². The second-order valence-electron chi connectivity index (χ2n) is 3.52. The van der Waals surface area contributed by atoms with Gasteiger partial charge in [0.25, 0.3) is 0 Å². The summed E-state index contributed by atoms with van der Waals surface area (Å²) in [6.07, 6.45) is 0. The summed E-state index contributed by atoms with van der Waals surface area (Å²) in [4.78, 5) is 10.7. The molecule has 0 radical (unpaired) electrons. The molecular weight excluding hydrogens is 228 g/mol. The lowest BCUT2D eigenvalue weighted by molar-refractivity contribution is -0.138. The van der Waals surface area contributed by atoms with Crippen LogP contribution in [0.1, 0.15) is 5.56 Å². The van der Waals surface area contributed by atoms with E-state index < -0.39 is 12.0 Å². The zero-order valence-corrected chi connectivity index (χ0v) is 10.0. The molecule has 0 aromatic heterocycles. The minimum absolute atomic E-state index is 0.311. The van der Waals surface area contributed by atoms with Gasteiger partial charge in [-0.1, -0.05) is 17.7 Å². The third-order valence-electron chi connectivity index (χ3n) is 2.33. The highest BCUT2D eigenvalue weighted by Crippen LogP contribution is 2.19. The van der Waals surface area contributed by atoms with Gasteiger partial charge in [0.2, 0.25) is 0 Å². The number of halogens is 1. The fourth-order valence-corrected chi connectivity index (χ4v) is 1.42. The SMILES string of the molecule is CNC(CNc1ccc(C)c(Cl)c1)C(=O)O. The predicted octanol–water partition coefficient (Wildman–Crippen LogP) is 1.73. The first kappa shape index (κ1) is 12.8. The van der Waals surface area contributed by atoms with Gasteiger partial charge in [0, 0.05) is 17.3 Å². The van der Waals surface area contributed by atoms with Gasteiger partial charge in [0.05, 0.1) is 0 Å². The molecule has 0 spiro atoms. The molecule has 4 nitrogen and oxygen atoms in total. The number of nitrogens with one attached hydrogen (secondary N) is 2. The Bertz CT molecular complexity index is 382. The number of likely N-dealkylation sites (N-methyl/N-ethyl adjacent to an activating group) is 1. The summed E-state index contributed by atoms with van der Waals surface area (Å²) < 4.78 is 0. The first-order valence-electron chi connectivity index (χ1n) is 4.94. The average molecular weight is 243 g/mol. The molecule has 0 bridgehead atoms. The van der Waals surface area contributed by atoms with Crippen molar-refractivity contribution in [2.45, 2.75) is 13.0 Å². The molecule has 1 rings (SSSR count). The van der Waals surface area contributed by atoms with Crippen molar-refractivity contribution in [1.29, 1.82) is 0 Å². The lowest BCUT2D eigenvalue weighted by Gasteiger charge is -2.13. The number of rotatable bonds is 5. The fourth-order valence-electron chi connectivity index (χ4n) is 1.24. The number of carboxylic acid groups (broad SMARTS) is 1. The van der Waals surface area contributed by atoms with E-state index in [2.05, 4.69) is 10.6 Å². The lowest BCUT2D eigenvalue weighted by Crippen LogP contribution is -2.39. The molecule has 1 atom stereocenters. The first-order valence-corrected chi connectivity index (χ1v) is 5.32. The Morgan fingerprint density at radius 2 is 2.25 bits per heavy atom. The van der Waals surface area contributed by atoms with E-state index in [0.717, 1.165) is 11.3 Å². The Balaban J connectivity index is 2.60. The maximum Gasteiger partial charge on any atom is 0.322 e. The Hall–Kier alpha value is -1.26. The number of aryl methyl sites for hydroxylation is 1. The fraction of sp³-hybridized carbons (Fsp3) is 0.364. The highest BCUT2D eigenvalue weighted by atomic mass is 35.5. The summed E-state index contributed by atoms with van der Waals surface area (Å²) in [5.41, 5.74) is 1.81. The quantitative estimate of drug-likeness (QED) is 0.736. The van der Waals surface area contributed by atoms with Gasteiger partial charge in [0.15, 0.2) is 0 Å². The number of carbonyl (C=O) groups is 1. The van der Waals surface area contributed by atoms with Crippen LogP contribution in [-0.2, 0) is 4.79 Å². The summed E-state index contributed by atoms with van der Waals surface area (Å²) in [5, 5.41) is 15.2. The minimum atomic E-state index is -0.881. The third-order valence-corrected chi connectivity index (χ3v) is 2.74. The standard InChI is InChI=1S/C11H15ClN2O2/c1-7-3-4-8(5-9(7)12)14-6-10(13-2)11(15)16/h3-5,10,13-14H,6H2,1-2H3,(H,15,16). The molecule has 0 heterocycles. The van der Waals surface area contributed by atoms with E-state index in [1.54, 1.807) is 13.1 Å². The monoisotopic (exact) mass is 242 g/mol. The maximum absolute atomic E-state index is 10.7. The summed E-state index contributed by atoms with van der Waals surface area (Å²) in [6.45, 7) is 2.23. The lowest BCUT2D eigenvalue weighted by atomic mass is 10.2. The van der Waals surface area contributed by atoms with E-state index in [-0.39, 0.29) is 0 Å². The number of aliphatic carboxylic acids is 1. The van der Waals surface area contributed by atoms with E-state index in [1.807, 2.05) is 19.1 Å². The number of anilines is 1. The molecule has 88 valence electrons. The molecule has 1 aromatic rings. The van der Waals surface area contributed by atoms with E-state index in [0.29, 0.717) is 11.6 Å². The number of hydrogen-bond acceptors (Lipinski definition) is 3. The number of benzene rings is 1. The molecule has 0 saturated carbocycles. The topological polar surface area (TPSA) is 61.4 Å². The molecule has 1 aromatic carbocycles. The summed E-state index contributed by atoms with van der Waals surface area (Å²) in [6, 6.07) is 4.93. The van der Waals surface area contributed by atoms with Crippen LogP contribution in [0.15, 0.2) is 18.2 Å². The second kappa shape index (κ2) is 5.72. The number of carboxylic acids is 1. The van der Waals surface area contributed by atoms with Gasteiger partial charge in [-0.05, 0) is 31.7 Å². The average Bonchev–Trinajstić information content (AvgIpc) is 2.23. The van der Waals surface area contributed by atoms with Crippen molar-refractivity contribution < 1.29 is 9.90 Å². The van der Waals surface area contributed by atoms with Gasteiger partial charge >= 0.3 is 5.97 Å². The molecule has 0 aliphatic carbocycles. The summed E-state index contributed by atoms with van der Waals surface area (Å²) in [7, 11) is 1.61. The predicted molar refractivity (Wildman–Crippen MR) is 65.2 cm³/mol. The van der Waals surface area contributed by atoms with Gasteiger partial charge in [-0.2, -0.15) is 0 Å². The van der Waals surface area contributed by atoms with Crippen molar-refractivity contribution in [2.24, 2.45) is 0 Å². The molecule has 0 aliphatic rings. The largest absolute Gasteiger partial charge is 0.480 e. The Morgan fingerprint density at radius 1 is 1.56 bits per heavy atom. The molecule has 0 amide bonds. The van der Waals surface area contributed by atoms with Crippen LogP contribution in [0.3, 0.4) is 0 Å². The van der Waals surface area contributed by atoms with Crippen LogP contribution < -0.4 is 10.6 Å². The van der Waals surface area contributed by atoms with Crippen LogP contribution in [0.25, 0.3) is 0 Å². The van der Waals surface area contributed by atoms with Crippen LogP contribution in [0.5, 0.6) is 0 Å². The third kappa shape index (κ3) is 3.40. The van der Waals surface area contributed by atoms with E-state index in [9.17, 15) is 4.79 Å². The van der Waals surface area contributed by atoms with Crippen LogP contribution in [-0.4, -0.2) is 30.7 Å². The zero-order chi connectivity index (χ0) is 12.1. The Kier molecular flexibility index (Phi) is 4.58. The Labute approximate surface area is 99.6 Å². The number of hydrogen-bond donors (Lipinski definition) is 3. The van der Waals surface area contributed by atoms with Crippen molar-refractivity contribution in [3.8, 4) is 0 Å². The molecule has 16 heavy (non-hydrogen) atoms. The van der Waals surface area contributed by atoms with Crippen molar-refractivity contribution in [2.75, 3.05) is 18.9 Å². The van der Waals surface area contributed by atoms with Crippen molar-refractivity contribution in [3.63, 3.8) is 0 Å². The molecule has 0 fully saturated rings. The highest BCUT2D eigenvalue weighted by Gasteiger charge is 2.13. The maximum atomic E-state index is 10.7. The van der Waals surface area contributed by atoms with Crippen LogP contribution >= 0.6 is 11.6 Å². The van der Waals surface area contributed by atoms with Crippen LogP contribution in [0, 0.1) is 6.92 Å². The van der Waals surface area contributed by atoms with Crippen LogP contribution in [0.4, 0.5) is 5.69 Å². The highest BCUT2D eigenvalue weighted by molar-refractivity contribution is 6.31. The molecular formula is C11H15ClN2O2. The van der Waals surface area contributed by atoms with Gasteiger partial charge in [0.1, 0.15) is 6.04 Å². The van der Waals surface area contributed by atoms with Crippen molar-refractivity contribution >= 4 is 23.3 Å². The zero-order valence-electron chi connectivity index (χ0n) is 9.25. The first-order chi connectivity index (χ1) is 7.54. The molecule has 0 saturated heterocycles. The summed E-state index contributed by atoms with van der Waals surface area (Å²) in [5.74, 6) is -0.881. The molecule has 1 unspecified atom stereocenters. The second-order valence-corrected chi connectivity index (χ2v) is 3.93.